The lowest BCUT2D eigenvalue weighted by atomic mass is 10.1. The van der Waals surface area contributed by atoms with Crippen molar-refractivity contribution < 1.29 is 10.2 Å². The molecule has 1 aromatic rings. The second-order valence-electron chi connectivity index (χ2n) is 3.12. The van der Waals surface area contributed by atoms with Gasteiger partial charge in [-0.2, -0.15) is 11.8 Å². The van der Waals surface area contributed by atoms with Crippen LogP contribution in [0, 0.1) is 13.8 Å². The van der Waals surface area contributed by atoms with Gasteiger partial charge in [0.1, 0.15) is 5.75 Å². The summed E-state index contributed by atoms with van der Waals surface area (Å²) in [6, 6.07) is 0. The summed E-state index contributed by atoms with van der Waals surface area (Å²) < 4.78 is 0. The monoisotopic (exact) mass is 213 g/mol. The van der Waals surface area contributed by atoms with Crippen LogP contribution < -0.4 is 0 Å². The highest BCUT2D eigenvalue weighted by molar-refractivity contribution is 7.98. The van der Waals surface area contributed by atoms with Crippen LogP contribution in [-0.4, -0.2) is 27.6 Å². The summed E-state index contributed by atoms with van der Waals surface area (Å²) in [6.07, 6.45) is 1.79. The number of hydrogen-bond acceptors (Lipinski definition) is 4. The highest BCUT2D eigenvalue weighted by Crippen LogP contribution is 2.25. The second kappa shape index (κ2) is 5.22. The van der Waals surface area contributed by atoms with Crippen molar-refractivity contribution >= 4 is 11.8 Å². The Hall–Kier alpha value is -0.740. The molecule has 3 nitrogen and oxygen atoms in total. The number of aromatic nitrogens is 1. The Bertz CT molecular complexity index is 315. The molecule has 0 spiro atoms. The zero-order valence-electron chi connectivity index (χ0n) is 8.45. The minimum Gasteiger partial charge on any atom is -0.506 e. The molecule has 0 aliphatic rings. The first-order chi connectivity index (χ1) is 6.66. The third-order valence-corrected chi connectivity index (χ3v) is 3.07. The average Bonchev–Trinajstić information content (AvgIpc) is 2.18. The van der Waals surface area contributed by atoms with Crippen LogP contribution in [0.3, 0.4) is 0 Å². The summed E-state index contributed by atoms with van der Waals surface area (Å²) in [4.78, 5) is 4.09. The van der Waals surface area contributed by atoms with Crippen molar-refractivity contribution in [2.75, 3.05) is 12.4 Å². The van der Waals surface area contributed by atoms with Crippen molar-refractivity contribution in [2.24, 2.45) is 0 Å². The standard InChI is InChI=1S/C10H15NO2S/c1-7-9(6-14-4-3-12)5-11-8(2)10(7)13/h5,12-13H,3-4,6H2,1-2H3. The van der Waals surface area contributed by atoms with Gasteiger partial charge in [0.15, 0.2) is 0 Å². The topological polar surface area (TPSA) is 53.4 Å². The molecule has 0 aliphatic carbocycles. The lowest BCUT2D eigenvalue weighted by Gasteiger charge is -2.08. The van der Waals surface area contributed by atoms with Crippen molar-refractivity contribution in [1.82, 2.24) is 4.98 Å². The van der Waals surface area contributed by atoms with Gasteiger partial charge >= 0.3 is 0 Å². The summed E-state index contributed by atoms with van der Waals surface area (Å²) in [7, 11) is 0. The molecule has 0 atom stereocenters. The number of aromatic hydroxyl groups is 1. The Morgan fingerprint density at radius 1 is 1.43 bits per heavy atom. The van der Waals surface area contributed by atoms with E-state index in [9.17, 15) is 5.11 Å². The quantitative estimate of drug-likeness (QED) is 0.746. The molecule has 0 saturated heterocycles. The molecule has 0 radical (unpaired) electrons. The smallest absolute Gasteiger partial charge is 0.139 e. The summed E-state index contributed by atoms with van der Waals surface area (Å²) >= 11 is 1.63. The van der Waals surface area contributed by atoms with E-state index in [2.05, 4.69) is 4.98 Å². The zero-order valence-corrected chi connectivity index (χ0v) is 9.27. The van der Waals surface area contributed by atoms with E-state index in [0.717, 1.165) is 16.9 Å². The number of aryl methyl sites for hydroxylation is 1. The first-order valence-electron chi connectivity index (χ1n) is 4.49. The molecule has 1 heterocycles. The van der Waals surface area contributed by atoms with Crippen LogP contribution in [0.5, 0.6) is 5.75 Å². The third kappa shape index (κ3) is 2.62. The summed E-state index contributed by atoms with van der Waals surface area (Å²) in [6.45, 7) is 3.86. The number of thioether (sulfide) groups is 1. The van der Waals surface area contributed by atoms with Crippen molar-refractivity contribution in [3.8, 4) is 5.75 Å². The Labute approximate surface area is 88.2 Å². The van der Waals surface area contributed by atoms with Crippen LogP contribution in [-0.2, 0) is 5.75 Å². The Morgan fingerprint density at radius 3 is 2.79 bits per heavy atom. The Morgan fingerprint density at radius 2 is 2.14 bits per heavy atom. The molecule has 2 N–H and O–H groups in total. The lowest BCUT2D eigenvalue weighted by Crippen LogP contribution is -1.94. The van der Waals surface area contributed by atoms with Gasteiger partial charge in [0, 0.05) is 17.7 Å². The van der Waals surface area contributed by atoms with E-state index in [0.29, 0.717) is 11.4 Å². The first-order valence-corrected chi connectivity index (χ1v) is 5.65. The van der Waals surface area contributed by atoms with E-state index >= 15 is 0 Å². The second-order valence-corrected chi connectivity index (χ2v) is 4.22. The first kappa shape index (κ1) is 11.3. The fourth-order valence-corrected chi connectivity index (χ4v) is 1.93. The van der Waals surface area contributed by atoms with Gasteiger partial charge in [-0.25, -0.2) is 0 Å². The molecule has 0 aliphatic heterocycles. The van der Waals surface area contributed by atoms with Crippen molar-refractivity contribution in [1.29, 1.82) is 0 Å². The number of pyridine rings is 1. The minimum absolute atomic E-state index is 0.189. The highest BCUT2D eigenvalue weighted by Gasteiger charge is 2.06. The average molecular weight is 213 g/mol. The van der Waals surface area contributed by atoms with Gasteiger partial charge in [0.25, 0.3) is 0 Å². The van der Waals surface area contributed by atoms with Crippen molar-refractivity contribution in [3.05, 3.63) is 23.0 Å². The normalized spacial score (nSPS) is 10.5. The number of rotatable bonds is 4. The predicted octanol–water partition coefficient (Wildman–Crippen LogP) is 1.63. The van der Waals surface area contributed by atoms with Crippen molar-refractivity contribution in [3.63, 3.8) is 0 Å². The molecule has 0 aromatic carbocycles. The molecule has 0 amide bonds. The lowest BCUT2D eigenvalue weighted by molar-refractivity contribution is 0.322. The van der Waals surface area contributed by atoms with Gasteiger partial charge in [-0.1, -0.05) is 0 Å². The number of hydrogen-bond donors (Lipinski definition) is 2. The maximum absolute atomic E-state index is 9.62. The van der Waals surface area contributed by atoms with Gasteiger partial charge in [-0.15, -0.1) is 0 Å². The molecule has 14 heavy (non-hydrogen) atoms. The molecular formula is C10H15NO2S. The van der Waals surface area contributed by atoms with Gasteiger partial charge in [-0.05, 0) is 25.0 Å². The molecule has 0 fully saturated rings. The van der Waals surface area contributed by atoms with E-state index in [1.165, 1.54) is 0 Å². The number of aliphatic hydroxyl groups is 1. The fourth-order valence-electron chi connectivity index (χ4n) is 1.15. The summed E-state index contributed by atoms with van der Waals surface area (Å²) in [5.74, 6) is 1.79. The minimum atomic E-state index is 0.189. The molecule has 0 unspecified atom stereocenters. The van der Waals surface area contributed by atoms with Crippen LogP contribution in [0.4, 0.5) is 0 Å². The SMILES string of the molecule is Cc1ncc(CSCCO)c(C)c1O. The van der Waals surface area contributed by atoms with E-state index in [-0.39, 0.29) is 12.4 Å². The van der Waals surface area contributed by atoms with Crippen LogP contribution in [0.15, 0.2) is 6.20 Å². The Kier molecular flexibility index (Phi) is 4.22. The highest BCUT2D eigenvalue weighted by atomic mass is 32.2. The van der Waals surface area contributed by atoms with E-state index < -0.39 is 0 Å². The molecule has 4 heteroatoms. The maximum Gasteiger partial charge on any atom is 0.139 e. The van der Waals surface area contributed by atoms with Crippen LogP contribution in [0.1, 0.15) is 16.8 Å². The molecule has 78 valence electrons. The zero-order chi connectivity index (χ0) is 10.6. The number of aliphatic hydroxyl groups excluding tert-OH is 1. The van der Waals surface area contributed by atoms with E-state index in [1.807, 2.05) is 6.92 Å². The van der Waals surface area contributed by atoms with E-state index in [1.54, 1.807) is 24.9 Å². The molecule has 0 saturated carbocycles. The molecule has 1 aromatic heterocycles. The molecule has 0 bridgehead atoms. The summed E-state index contributed by atoms with van der Waals surface area (Å²) in [5.41, 5.74) is 2.59. The van der Waals surface area contributed by atoms with Gasteiger partial charge in [0.05, 0.1) is 12.3 Å². The molecule has 1 rings (SSSR count). The maximum atomic E-state index is 9.62. The predicted molar refractivity (Wildman–Crippen MR) is 58.6 cm³/mol. The Balaban J connectivity index is 2.73. The summed E-state index contributed by atoms with van der Waals surface area (Å²) in [5, 5.41) is 18.2. The van der Waals surface area contributed by atoms with Gasteiger partial charge in [0.2, 0.25) is 0 Å². The van der Waals surface area contributed by atoms with Gasteiger partial charge in [-0.3, -0.25) is 4.98 Å². The number of nitrogens with zero attached hydrogens (tertiary/aromatic N) is 1. The van der Waals surface area contributed by atoms with Crippen LogP contribution >= 0.6 is 11.8 Å². The van der Waals surface area contributed by atoms with Crippen LogP contribution in [0.2, 0.25) is 0 Å². The van der Waals surface area contributed by atoms with Gasteiger partial charge < -0.3 is 10.2 Å². The van der Waals surface area contributed by atoms with E-state index in [4.69, 9.17) is 5.11 Å². The fraction of sp³-hybridized carbons (Fsp3) is 0.500. The van der Waals surface area contributed by atoms with Crippen LogP contribution in [0.25, 0.3) is 0 Å². The largest absolute Gasteiger partial charge is 0.506 e. The van der Waals surface area contributed by atoms with Crippen molar-refractivity contribution in [2.45, 2.75) is 19.6 Å². The third-order valence-electron chi connectivity index (χ3n) is 2.09. The molecular weight excluding hydrogens is 198 g/mol.